The Bertz CT molecular complexity index is 1070. The number of hydrogen-bond donors (Lipinski definition) is 1. The van der Waals surface area contributed by atoms with Gasteiger partial charge >= 0.3 is 0 Å². The Labute approximate surface area is 158 Å². The zero-order valence-electron chi connectivity index (χ0n) is 14.9. The van der Waals surface area contributed by atoms with Crippen LogP contribution in [0.2, 0.25) is 5.02 Å². The minimum atomic E-state index is -3.76. The topological polar surface area (TPSA) is 72.2 Å². The van der Waals surface area contributed by atoms with Crippen LogP contribution < -0.4 is 4.72 Å². The highest BCUT2D eigenvalue weighted by Crippen LogP contribution is 2.31. The Balaban J connectivity index is 2.06. The Hall–Kier alpha value is -2.31. The molecule has 0 aliphatic carbocycles. The van der Waals surface area contributed by atoms with Crippen molar-refractivity contribution < 1.29 is 12.9 Å². The van der Waals surface area contributed by atoms with E-state index in [1.165, 1.54) is 0 Å². The average Bonchev–Trinajstić information content (AvgIpc) is 2.89. The molecule has 3 rings (SSSR count). The Kier molecular flexibility index (Phi) is 4.82. The molecule has 1 N–H and O–H groups in total. The number of rotatable bonds is 4. The average molecular weight is 391 g/mol. The van der Waals surface area contributed by atoms with Crippen LogP contribution >= 0.6 is 11.6 Å². The molecule has 1 aromatic heterocycles. The summed E-state index contributed by atoms with van der Waals surface area (Å²) in [5, 5.41) is 4.50. The highest BCUT2D eigenvalue weighted by molar-refractivity contribution is 7.92. The normalized spacial score (nSPS) is 11.6. The fourth-order valence-electron chi connectivity index (χ4n) is 2.88. The summed E-state index contributed by atoms with van der Waals surface area (Å²) in [5.74, 6) is 0.649. The zero-order valence-corrected chi connectivity index (χ0v) is 16.5. The molecule has 0 unspecified atom stereocenters. The maximum Gasteiger partial charge on any atom is 0.262 e. The molecule has 0 aliphatic rings. The SMILES string of the molecule is Cc1cc(Cl)ccc1NS(=O)(=O)c1cc(-c2c(C)noc2C)ccc1C. The predicted molar refractivity (Wildman–Crippen MR) is 103 cm³/mol. The van der Waals surface area contributed by atoms with Gasteiger partial charge in [-0.15, -0.1) is 0 Å². The summed E-state index contributed by atoms with van der Waals surface area (Å²) in [5.41, 5.74) is 4.18. The van der Waals surface area contributed by atoms with E-state index in [2.05, 4.69) is 9.88 Å². The first kappa shape index (κ1) is 18.5. The lowest BCUT2D eigenvalue weighted by molar-refractivity contribution is 0.393. The maximum atomic E-state index is 13.0. The Morgan fingerprint density at radius 2 is 1.73 bits per heavy atom. The standard InChI is InChI=1S/C19H19ClN2O3S/c1-11-5-6-15(19-13(3)21-25-14(19)4)10-18(11)26(23,24)22-17-8-7-16(20)9-12(17)2/h5-10,22H,1-4H3. The van der Waals surface area contributed by atoms with E-state index >= 15 is 0 Å². The summed E-state index contributed by atoms with van der Waals surface area (Å²) in [4.78, 5) is 0.212. The first-order chi connectivity index (χ1) is 12.2. The van der Waals surface area contributed by atoms with Crippen LogP contribution in [0, 0.1) is 27.7 Å². The van der Waals surface area contributed by atoms with Crippen molar-refractivity contribution in [3.05, 3.63) is 64.0 Å². The smallest absolute Gasteiger partial charge is 0.262 e. The molecule has 0 saturated heterocycles. The summed E-state index contributed by atoms with van der Waals surface area (Å²) in [6.45, 7) is 7.20. The summed E-state index contributed by atoms with van der Waals surface area (Å²) in [6.07, 6.45) is 0. The lowest BCUT2D eigenvalue weighted by Gasteiger charge is -2.14. The fraction of sp³-hybridized carbons (Fsp3) is 0.211. The van der Waals surface area contributed by atoms with Gasteiger partial charge in [0.15, 0.2) is 0 Å². The van der Waals surface area contributed by atoms with Crippen LogP contribution in [-0.4, -0.2) is 13.6 Å². The second-order valence-electron chi connectivity index (χ2n) is 6.24. The predicted octanol–water partition coefficient (Wildman–Crippen LogP) is 5.03. The molecule has 0 atom stereocenters. The van der Waals surface area contributed by atoms with Gasteiger partial charge in [0.25, 0.3) is 10.0 Å². The van der Waals surface area contributed by atoms with E-state index in [0.717, 1.165) is 22.4 Å². The van der Waals surface area contributed by atoms with Crippen LogP contribution in [0.5, 0.6) is 0 Å². The molecule has 0 fully saturated rings. The van der Waals surface area contributed by atoms with Gasteiger partial charge in [0.05, 0.1) is 16.3 Å². The number of halogens is 1. The van der Waals surface area contributed by atoms with Gasteiger partial charge in [-0.3, -0.25) is 4.72 Å². The number of nitrogens with one attached hydrogen (secondary N) is 1. The molecule has 7 heteroatoms. The highest BCUT2D eigenvalue weighted by atomic mass is 35.5. The van der Waals surface area contributed by atoms with Crippen LogP contribution in [0.4, 0.5) is 5.69 Å². The molecular weight excluding hydrogens is 372 g/mol. The first-order valence-electron chi connectivity index (χ1n) is 8.02. The van der Waals surface area contributed by atoms with Gasteiger partial charge in [-0.25, -0.2) is 8.42 Å². The summed E-state index contributed by atoms with van der Waals surface area (Å²) in [6, 6.07) is 10.3. The van der Waals surface area contributed by atoms with Crippen molar-refractivity contribution in [3.8, 4) is 11.1 Å². The second-order valence-corrected chi connectivity index (χ2v) is 8.33. The molecule has 136 valence electrons. The third-order valence-corrected chi connectivity index (χ3v) is 5.98. The molecule has 2 aromatic carbocycles. The molecular formula is C19H19ClN2O3S. The minimum Gasteiger partial charge on any atom is -0.361 e. The maximum absolute atomic E-state index is 13.0. The summed E-state index contributed by atoms with van der Waals surface area (Å²) in [7, 11) is -3.76. The third-order valence-electron chi connectivity index (χ3n) is 4.23. The number of aromatic nitrogens is 1. The van der Waals surface area contributed by atoms with Crippen molar-refractivity contribution in [2.75, 3.05) is 4.72 Å². The number of nitrogens with zero attached hydrogens (tertiary/aromatic N) is 1. The van der Waals surface area contributed by atoms with Crippen LogP contribution in [0.3, 0.4) is 0 Å². The molecule has 0 saturated carbocycles. The molecule has 0 radical (unpaired) electrons. The Morgan fingerprint density at radius 3 is 2.35 bits per heavy atom. The van der Waals surface area contributed by atoms with Crippen molar-refractivity contribution in [2.24, 2.45) is 0 Å². The van der Waals surface area contributed by atoms with Gasteiger partial charge in [-0.2, -0.15) is 0 Å². The molecule has 0 amide bonds. The molecule has 5 nitrogen and oxygen atoms in total. The van der Waals surface area contributed by atoms with Gasteiger partial charge in [-0.05, 0) is 68.7 Å². The lowest BCUT2D eigenvalue weighted by atomic mass is 10.0. The molecule has 3 aromatic rings. The minimum absolute atomic E-state index is 0.212. The fourth-order valence-corrected chi connectivity index (χ4v) is 4.51. The number of sulfonamides is 1. The van der Waals surface area contributed by atoms with Gasteiger partial charge in [0.2, 0.25) is 0 Å². The second kappa shape index (κ2) is 6.78. The monoisotopic (exact) mass is 390 g/mol. The number of aryl methyl sites for hydroxylation is 4. The van der Waals surface area contributed by atoms with Gasteiger partial charge in [0, 0.05) is 10.6 Å². The molecule has 0 aliphatic heterocycles. The van der Waals surface area contributed by atoms with E-state index in [0.29, 0.717) is 22.0 Å². The van der Waals surface area contributed by atoms with Crippen molar-refractivity contribution in [2.45, 2.75) is 32.6 Å². The molecule has 1 heterocycles. The van der Waals surface area contributed by atoms with E-state index in [4.69, 9.17) is 16.1 Å². The number of benzene rings is 2. The van der Waals surface area contributed by atoms with E-state index in [-0.39, 0.29) is 4.90 Å². The lowest BCUT2D eigenvalue weighted by Crippen LogP contribution is -2.15. The number of hydrogen-bond acceptors (Lipinski definition) is 4. The van der Waals surface area contributed by atoms with Crippen LogP contribution in [0.25, 0.3) is 11.1 Å². The largest absolute Gasteiger partial charge is 0.361 e. The van der Waals surface area contributed by atoms with E-state index in [1.54, 1.807) is 51.1 Å². The van der Waals surface area contributed by atoms with Crippen molar-refractivity contribution in [1.82, 2.24) is 5.16 Å². The van der Waals surface area contributed by atoms with Crippen molar-refractivity contribution in [3.63, 3.8) is 0 Å². The van der Waals surface area contributed by atoms with Crippen molar-refractivity contribution >= 4 is 27.3 Å². The summed E-state index contributed by atoms with van der Waals surface area (Å²) < 4.78 is 33.8. The number of anilines is 1. The quantitative estimate of drug-likeness (QED) is 0.678. The van der Waals surface area contributed by atoms with Gasteiger partial charge in [-0.1, -0.05) is 28.9 Å². The Morgan fingerprint density at radius 1 is 1.00 bits per heavy atom. The van der Waals surface area contributed by atoms with E-state index in [1.807, 2.05) is 13.0 Å². The first-order valence-corrected chi connectivity index (χ1v) is 9.88. The third kappa shape index (κ3) is 3.48. The van der Waals surface area contributed by atoms with Crippen LogP contribution in [0.1, 0.15) is 22.6 Å². The highest BCUT2D eigenvalue weighted by Gasteiger charge is 2.21. The van der Waals surface area contributed by atoms with Crippen LogP contribution in [0.15, 0.2) is 45.8 Å². The molecule has 26 heavy (non-hydrogen) atoms. The molecule has 0 bridgehead atoms. The molecule has 0 spiro atoms. The summed E-state index contributed by atoms with van der Waals surface area (Å²) >= 11 is 5.95. The van der Waals surface area contributed by atoms with Gasteiger partial charge < -0.3 is 4.52 Å². The van der Waals surface area contributed by atoms with E-state index in [9.17, 15) is 8.42 Å². The van der Waals surface area contributed by atoms with Crippen LogP contribution in [-0.2, 0) is 10.0 Å². The van der Waals surface area contributed by atoms with E-state index < -0.39 is 10.0 Å². The van der Waals surface area contributed by atoms with Gasteiger partial charge in [0.1, 0.15) is 5.76 Å². The van der Waals surface area contributed by atoms with Crippen molar-refractivity contribution in [1.29, 1.82) is 0 Å². The zero-order chi connectivity index (χ0) is 19.1.